The Bertz CT molecular complexity index is 856. The fraction of sp³-hybridized carbons (Fsp3) is 0.684. The Labute approximate surface area is 177 Å². The molecule has 0 aliphatic carbocycles. The van der Waals surface area contributed by atoms with Crippen molar-refractivity contribution in [3.8, 4) is 0 Å². The Morgan fingerprint density at radius 2 is 2.18 bits per heavy atom. The van der Waals surface area contributed by atoms with E-state index in [1.54, 1.807) is 12.4 Å². The summed E-state index contributed by atoms with van der Waals surface area (Å²) < 4.78 is 24.9. The summed E-state index contributed by atoms with van der Waals surface area (Å²) in [5, 5.41) is 0. The van der Waals surface area contributed by atoms with Crippen LogP contribution >= 0.6 is 15.9 Å². The number of nitrogens with one attached hydrogen (secondary N) is 1. The van der Waals surface area contributed by atoms with Crippen LogP contribution in [0.5, 0.6) is 0 Å². The molecule has 1 N–H and O–H groups in total. The number of nitrogens with zero attached hydrogens (tertiary/aromatic N) is 4. The van der Waals surface area contributed by atoms with Gasteiger partial charge in [0.2, 0.25) is 5.95 Å². The van der Waals surface area contributed by atoms with Crippen LogP contribution in [-0.2, 0) is 16.1 Å². The molecule has 0 amide bonds. The number of rotatable bonds is 3. The molecule has 0 radical (unpaired) electrons. The van der Waals surface area contributed by atoms with E-state index in [4.69, 9.17) is 4.74 Å². The second-order valence-corrected chi connectivity index (χ2v) is 11.8. The van der Waals surface area contributed by atoms with Crippen LogP contribution in [0.15, 0.2) is 23.1 Å². The van der Waals surface area contributed by atoms with E-state index in [-0.39, 0.29) is 22.3 Å². The third kappa shape index (κ3) is 3.67. The van der Waals surface area contributed by atoms with E-state index in [2.05, 4.69) is 42.4 Å². The lowest BCUT2D eigenvalue weighted by Crippen LogP contribution is -2.61. The minimum absolute atomic E-state index is 0.0141. The van der Waals surface area contributed by atoms with Gasteiger partial charge in [0.1, 0.15) is 4.75 Å². The quantitative estimate of drug-likeness (QED) is 0.696. The molecule has 2 unspecified atom stereocenters. The van der Waals surface area contributed by atoms with Crippen LogP contribution in [0, 0.1) is 5.41 Å². The molecule has 2 fully saturated rings. The molecule has 9 heteroatoms. The van der Waals surface area contributed by atoms with Crippen molar-refractivity contribution in [1.82, 2.24) is 19.1 Å². The lowest BCUT2D eigenvalue weighted by molar-refractivity contribution is 0.0871. The van der Waals surface area contributed by atoms with Gasteiger partial charge in [-0.05, 0) is 56.5 Å². The van der Waals surface area contributed by atoms with Crippen molar-refractivity contribution >= 4 is 38.9 Å². The molecule has 4 rings (SSSR count). The van der Waals surface area contributed by atoms with Gasteiger partial charge in [-0.15, -0.1) is 4.72 Å². The smallest absolute Gasteiger partial charge is 0.211 e. The van der Waals surface area contributed by atoms with Gasteiger partial charge in [-0.2, -0.15) is 0 Å². The predicted octanol–water partition coefficient (Wildman–Crippen LogP) is 2.92. The molecule has 28 heavy (non-hydrogen) atoms. The number of ether oxygens (including phenoxy) is 1. The largest absolute Gasteiger partial charge is 0.598 e. The maximum atomic E-state index is 12.9. The maximum Gasteiger partial charge on any atom is 0.211 e. The number of imidazole rings is 1. The summed E-state index contributed by atoms with van der Waals surface area (Å²) >= 11 is 2.38. The summed E-state index contributed by atoms with van der Waals surface area (Å²) in [5.41, 5.74) is 0.867. The second kappa shape index (κ2) is 7.43. The molecule has 7 nitrogen and oxygen atoms in total. The van der Waals surface area contributed by atoms with E-state index in [0.29, 0.717) is 0 Å². The van der Waals surface area contributed by atoms with Gasteiger partial charge in [-0.25, -0.2) is 9.97 Å². The van der Waals surface area contributed by atoms with Gasteiger partial charge >= 0.3 is 0 Å². The van der Waals surface area contributed by atoms with Crippen molar-refractivity contribution in [1.29, 1.82) is 0 Å². The first-order chi connectivity index (χ1) is 13.2. The molecule has 0 saturated carbocycles. The van der Waals surface area contributed by atoms with E-state index in [1.807, 2.05) is 31.4 Å². The highest BCUT2D eigenvalue weighted by atomic mass is 79.9. The van der Waals surface area contributed by atoms with Gasteiger partial charge in [0, 0.05) is 48.5 Å². The Morgan fingerprint density at radius 3 is 2.86 bits per heavy atom. The van der Waals surface area contributed by atoms with Crippen molar-refractivity contribution in [3.05, 3.63) is 23.1 Å². The first kappa shape index (κ1) is 20.4. The van der Waals surface area contributed by atoms with Crippen LogP contribution in [-0.4, -0.2) is 55.5 Å². The monoisotopic (exact) mass is 469 g/mol. The van der Waals surface area contributed by atoms with Gasteiger partial charge < -0.3 is 14.2 Å². The van der Waals surface area contributed by atoms with Crippen LogP contribution in [0.2, 0.25) is 0 Å². The summed E-state index contributed by atoms with van der Waals surface area (Å²) in [6, 6.07) is 0.0651. The Morgan fingerprint density at radius 1 is 1.39 bits per heavy atom. The van der Waals surface area contributed by atoms with Crippen molar-refractivity contribution in [2.24, 2.45) is 5.41 Å². The third-order valence-electron chi connectivity index (χ3n) is 5.82. The summed E-state index contributed by atoms with van der Waals surface area (Å²) in [7, 11) is 0. The minimum atomic E-state index is -1.14. The van der Waals surface area contributed by atoms with Crippen molar-refractivity contribution in [2.75, 3.05) is 24.6 Å². The van der Waals surface area contributed by atoms with Crippen LogP contribution in [0.3, 0.4) is 0 Å². The molecular formula is C19H28BrN5O2S. The average Bonchev–Trinajstić information content (AvgIpc) is 3.25. The van der Waals surface area contributed by atoms with Gasteiger partial charge in [0.25, 0.3) is 0 Å². The second-order valence-electron chi connectivity index (χ2n) is 8.96. The van der Waals surface area contributed by atoms with Crippen LogP contribution < -0.4 is 9.62 Å². The zero-order valence-electron chi connectivity index (χ0n) is 16.8. The molecular weight excluding hydrogens is 442 g/mol. The molecule has 4 atom stereocenters. The lowest BCUT2D eigenvalue weighted by atomic mass is 9.73. The van der Waals surface area contributed by atoms with Gasteiger partial charge in [0.05, 0.1) is 23.2 Å². The van der Waals surface area contributed by atoms with E-state index >= 15 is 0 Å². The van der Waals surface area contributed by atoms with Gasteiger partial charge in [-0.1, -0.05) is 0 Å². The Balaban J connectivity index is 1.64. The minimum Gasteiger partial charge on any atom is -0.598 e. The normalized spacial score (nSPS) is 29.7. The summed E-state index contributed by atoms with van der Waals surface area (Å²) in [5.74, 6) is 0.867. The molecule has 0 aromatic carbocycles. The van der Waals surface area contributed by atoms with E-state index in [0.717, 1.165) is 48.6 Å². The lowest BCUT2D eigenvalue weighted by Gasteiger charge is -2.46. The Kier molecular flexibility index (Phi) is 5.41. The van der Waals surface area contributed by atoms with Crippen molar-refractivity contribution < 1.29 is 9.29 Å². The first-order valence-electron chi connectivity index (χ1n) is 9.72. The van der Waals surface area contributed by atoms with Gasteiger partial charge in [-0.3, -0.25) is 4.40 Å². The highest BCUT2D eigenvalue weighted by Gasteiger charge is 2.51. The SMILES string of the molecule is C[C@H]1CC2(CCN(c3ncc(Br)c4nccn34)CC2N[S@+]([O-])C(C)(C)C)CO1. The molecule has 4 heterocycles. The number of hydrogen-bond donors (Lipinski definition) is 1. The van der Waals surface area contributed by atoms with Crippen LogP contribution in [0.25, 0.3) is 5.65 Å². The zero-order valence-corrected chi connectivity index (χ0v) is 19.2. The summed E-state index contributed by atoms with van der Waals surface area (Å²) in [6.45, 7) is 10.5. The highest BCUT2D eigenvalue weighted by molar-refractivity contribution is 9.10. The van der Waals surface area contributed by atoms with Gasteiger partial charge in [0.15, 0.2) is 5.65 Å². The molecule has 2 aliphatic heterocycles. The molecule has 2 aliphatic rings. The highest BCUT2D eigenvalue weighted by Crippen LogP contribution is 2.43. The fourth-order valence-electron chi connectivity index (χ4n) is 4.21. The number of piperidine rings is 1. The third-order valence-corrected chi connectivity index (χ3v) is 7.99. The fourth-order valence-corrected chi connectivity index (χ4v) is 5.54. The predicted molar refractivity (Wildman–Crippen MR) is 115 cm³/mol. The topological polar surface area (TPSA) is 77.8 Å². The van der Waals surface area contributed by atoms with E-state index in [1.165, 1.54) is 0 Å². The Hall–Kier alpha value is -0.870. The number of aromatic nitrogens is 3. The van der Waals surface area contributed by atoms with E-state index < -0.39 is 11.4 Å². The summed E-state index contributed by atoms with van der Waals surface area (Å²) in [4.78, 5) is 11.4. The zero-order chi connectivity index (χ0) is 20.1. The standard InChI is InChI=1S/C19H28BrN5O2S/c1-13-9-19(12-27-13)5-7-24(11-15(19)23-28(26)18(2,3)4)17-22-10-14(20)16-21-6-8-25(16)17/h6,8,10,13,15,23H,5,7,9,11-12H2,1-4H3/t13-,15?,19?,28+/m0/s1. The molecule has 1 spiro atoms. The number of anilines is 1. The van der Waals surface area contributed by atoms with Crippen LogP contribution in [0.4, 0.5) is 5.95 Å². The first-order valence-corrected chi connectivity index (χ1v) is 11.7. The van der Waals surface area contributed by atoms with Crippen molar-refractivity contribution in [3.63, 3.8) is 0 Å². The van der Waals surface area contributed by atoms with E-state index in [9.17, 15) is 4.55 Å². The molecule has 2 saturated heterocycles. The summed E-state index contributed by atoms with van der Waals surface area (Å²) in [6.07, 6.45) is 7.73. The molecule has 2 aromatic rings. The van der Waals surface area contributed by atoms with Crippen molar-refractivity contribution in [2.45, 2.75) is 57.4 Å². The maximum absolute atomic E-state index is 12.9. The van der Waals surface area contributed by atoms with Crippen LogP contribution in [0.1, 0.15) is 40.5 Å². The molecule has 0 bridgehead atoms. The number of halogens is 1. The molecule has 154 valence electrons. The number of fused-ring (bicyclic) bond motifs is 1. The molecule has 2 aromatic heterocycles. The number of hydrogen-bond acceptors (Lipinski definition) is 6. The average molecular weight is 470 g/mol.